The van der Waals surface area contributed by atoms with E-state index >= 15 is 0 Å². The Balaban J connectivity index is 1.65. The number of allylic oxidation sites excluding steroid dienone is 8. The standard InChI is InChI=1S/2C9H11.C2H7Si.Hf/c2*1-2-5-9-7-3-6-8(9)4-1;1-3-2;/h2*3,6-7H,1-2,4-5H2;3H,1-2H3;. The predicted octanol–water partition coefficient (Wildman–Crippen LogP) is 6.05. The summed E-state index contributed by atoms with van der Waals surface area (Å²) in [6.45, 7) is 5.37. The van der Waals surface area contributed by atoms with Gasteiger partial charge in [-0.1, -0.05) is 0 Å². The Hall–Kier alpha value is 0.0470. The second-order valence-corrected chi connectivity index (χ2v) is 36.1. The Morgan fingerprint density at radius 2 is 1.23 bits per heavy atom. The second-order valence-electron chi connectivity index (χ2n) is 7.84. The molecular weight excluding hydrogens is 447 g/mol. The van der Waals surface area contributed by atoms with Crippen molar-refractivity contribution in [3.63, 3.8) is 0 Å². The summed E-state index contributed by atoms with van der Waals surface area (Å²) in [7, 11) is 0. The maximum absolute atomic E-state index is 2.69. The molecule has 2 heteroatoms. The van der Waals surface area contributed by atoms with Gasteiger partial charge in [-0.15, -0.1) is 0 Å². The van der Waals surface area contributed by atoms with Crippen LogP contribution in [-0.4, -0.2) is 5.98 Å². The van der Waals surface area contributed by atoms with Crippen LogP contribution in [0.15, 0.2) is 46.6 Å². The van der Waals surface area contributed by atoms with Gasteiger partial charge in [-0.3, -0.25) is 0 Å². The van der Waals surface area contributed by atoms with Gasteiger partial charge >= 0.3 is 145 Å². The van der Waals surface area contributed by atoms with E-state index in [0.717, 1.165) is 7.35 Å². The molecule has 0 aromatic rings. The van der Waals surface area contributed by atoms with Crippen LogP contribution >= 0.6 is 0 Å². The minimum atomic E-state index is -1.64. The predicted molar refractivity (Wildman–Crippen MR) is 95.6 cm³/mol. The minimum absolute atomic E-state index is 0.483. The van der Waals surface area contributed by atoms with E-state index in [9.17, 15) is 0 Å². The van der Waals surface area contributed by atoms with Crippen LogP contribution < -0.4 is 0 Å². The van der Waals surface area contributed by atoms with Crippen molar-refractivity contribution in [2.24, 2.45) is 0 Å². The Morgan fingerprint density at radius 1 is 0.773 bits per heavy atom. The first-order chi connectivity index (χ1) is 10.8. The molecule has 0 saturated carbocycles. The molecule has 2 unspecified atom stereocenters. The zero-order chi connectivity index (χ0) is 15.1. The second kappa shape index (κ2) is 6.51. The molecule has 0 fully saturated rings. The molecule has 0 heterocycles. The first-order valence-electron chi connectivity index (χ1n) is 9.42. The van der Waals surface area contributed by atoms with Crippen LogP contribution in [0.4, 0.5) is 0 Å². The van der Waals surface area contributed by atoms with Crippen LogP contribution in [0.1, 0.15) is 51.4 Å². The van der Waals surface area contributed by atoms with E-state index in [0.29, 0.717) is 0 Å². The summed E-state index contributed by atoms with van der Waals surface area (Å²) in [6, 6.07) is 0. The van der Waals surface area contributed by atoms with Gasteiger partial charge in [0.25, 0.3) is 0 Å². The molecule has 0 aromatic carbocycles. The molecule has 117 valence electrons. The molecule has 0 spiro atoms. The first kappa shape index (κ1) is 15.6. The Labute approximate surface area is 144 Å². The van der Waals surface area contributed by atoms with Crippen molar-refractivity contribution >= 4 is 5.98 Å². The Kier molecular flexibility index (Phi) is 4.61. The molecule has 0 N–H and O–H groups in total. The van der Waals surface area contributed by atoms with E-state index in [1.54, 1.807) is 11.1 Å². The zero-order valence-electron chi connectivity index (χ0n) is 14.2. The van der Waals surface area contributed by atoms with Crippen LogP contribution in [0, 0.1) is 0 Å². The van der Waals surface area contributed by atoms with Crippen LogP contribution in [-0.2, 0) is 20.6 Å². The van der Waals surface area contributed by atoms with E-state index in [-0.39, 0.29) is 0 Å². The molecular formula is C20H29HfSi. The third kappa shape index (κ3) is 2.68. The maximum atomic E-state index is 2.69. The van der Waals surface area contributed by atoms with Gasteiger partial charge in [-0.25, -0.2) is 0 Å². The molecule has 0 saturated heterocycles. The molecule has 2 atom stereocenters. The van der Waals surface area contributed by atoms with Gasteiger partial charge in [0.05, 0.1) is 0 Å². The van der Waals surface area contributed by atoms with Crippen molar-refractivity contribution in [2.75, 3.05) is 0 Å². The van der Waals surface area contributed by atoms with Gasteiger partial charge < -0.3 is 0 Å². The summed E-state index contributed by atoms with van der Waals surface area (Å²) in [5.41, 5.74) is 7.42. The SMILES string of the molecule is C[SiH](C)[Hf]([CH]1C=CC2=C1CCCC2)[CH]1C=CC2=C1CCCC2. The zero-order valence-corrected chi connectivity index (χ0v) is 18.9. The molecule has 4 rings (SSSR count). The fourth-order valence-corrected chi connectivity index (χ4v) is 36.2. The number of hydrogen-bond acceptors (Lipinski definition) is 0. The van der Waals surface area contributed by atoms with Gasteiger partial charge in [0, 0.05) is 0 Å². The van der Waals surface area contributed by atoms with Crippen LogP contribution in [0.3, 0.4) is 0 Å². The number of hydrogen-bond donors (Lipinski definition) is 0. The summed E-state index contributed by atoms with van der Waals surface area (Å²) in [5, 5.41) is 0. The van der Waals surface area contributed by atoms with Gasteiger partial charge in [0.15, 0.2) is 0 Å². The average molecular weight is 476 g/mol. The fraction of sp³-hybridized carbons (Fsp3) is 0.600. The van der Waals surface area contributed by atoms with Crippen molar-refractivity contribution in [3.05, 3.63) is 46.6 Å². The summed E-state index contributed by atoms with van der Waals surface area (Å²) in [5.74, 6) is -0.483. The summed E-state index contributed by atoms with van der Waals surface area (Å²) >= 11 is -1.64. The molecule has 0 aliphatic heterocycles. The Bertz CT molecular complexity index is 531. The van der Waals surface area contributed by atoms with Crippen LogP contribution in [0.25, 0.3) is 0 Å². The van der Waals surface area contributed by atoms with Crippen molar-refractivity contribution in [1.29, 1.82) is 0 Å². The third-order valence-electron chi connectivity index (χ3n) is 6.22. The number of rotatable bonds is 3. The molecule has 0 bridgehead atoms. The summed E-state index contributed by atoms with van der Waals surface area (Å²) < 4.78 is 1.99. The van der Waals surface area contributed by atoms with Crippen LogP contribution in [0.2, 0.25) is 20.4 Å². The van der Waals surface area contributed by atoms with Crippen molar-refractivity contribution < 1.29 is 20.6 Å². The fourth-order valence-electron chi connectivity index (χ4n) is 5.19. The van der Waals surface area contributed by atoms with E-state index in [2.05, 4.69) is 37.4 Å². The molecule has 22 heavy (non-hydrogen) atoms. The van der Waals surface area contributed by atoms with Gasteiger partial charge in [-0.05, 0) is 0 Å². The van der Waals surface area contributed by atoms with E-state index < -0.39 is 26.6 Å². The van der Waals surface area contributed by atoms with E-state index in [1.165, 1.54) is 51.4 Å². The average Bonchev–Trinajstić information content (AvgIpc) is 3.13. The van der Waals surface area contributed by atoms with E-state index in [4.69, 9.17) is 0 Å². The first-order valence-corrected chi connectivity index (χ1v) is 22.7. The summed E-state index contributed by atoms with van der Waals surface area (Å²) in [4.78, 5) is 0. The van der Waals surface area contributed by atoms with Crippen LogP contribution in [0.5, 0.6) is 0 Å². The van der Waals surface area contributed by atoms with Gasteiger partial charge in [-0.2, -0.15) is 0 Å². The van der Waals surface area contributed by atoms with Crippen molar-refractivity contribution in [3.8, 4) is 0 Å². The quantitative estimate of drug-likeness (QED) is 0.436. The molecule has 4 aliphatic rings. The Morgan fingerprint density at radius 3 is 1.68 bits per heavy atom. The van der Waals surface area contributed by atoms with E-state index in [1.807, 2.05) is 11.1 Å². The van der Waals surface area contributed by atoms with Gasteiger partial charge in [0.1, 0.15) is 0 Å². The topological polar surface area (TPSA) is 0 Å². The monoisotopic (exact) mass is 477 g/mol. The third-order valence-corrected chi connectivity index (χ3v) is 36.9. The molecule has 0 aromatic heterocycles. The molecule has 0 amide bonds. The normalized spacial score (nSPS) is 30.3. The van der Waals surface area contributed by atoms with Crippen molar-refractivity contribution in [1.82, 2.24) is 0 Å². The molecule has 0 nitrogen and oxygen atoms in total. The van der Waals surface area contributed by atoms with Gasteiger partial charge in [0.2, 0.25) is 0 Å². The molecule has 4 aliphatic carbocycles. The molecule has 0 radical (unpaired) electrons. The van der Waals surface area contributed by atoms with Crippen molar-refractivity contribution in [2.45, 2.75) is 71.8 Å². The summed E-state index contributed by atoms with van der Waals surface area (Å²) in [6.07, 6.45) is 21.9.